The summed E-state index contributed by atoms with van der Waals surface area (Å²) >= 11 is 0. The number of carbonyl (C=O) groups is 7. The van der Waals surface area contributed by atoms with Gasteiger partial charge in [0, 0.05) is 37.4 Å². The number of unbranched alkanes of at least 4 members (excludes halogenated alkanes) is 2. The predicted octanol–water partition coefficient (Wildman–Crippen LogP) is -0.927. The second kappa shape index (κ2) is 27.5. The van der Waals surface area contributed by atoms with Crippen LogP contribution < -0.4 is 31.3 Å². The topological polar surface area (TPSA) is 377 Å². The molecule has 442 valence electrons. The molecule has 24 nitrogen and oxygen atoms in total. The monoisotopic (exact) mass is 1140 g/mol. The largest absolute Gasteiger partial charge is 0.508 e. The minimum Gasteiger partial charge on any atom is -0.508 e. The number of aromatic hydroxyl groups is 1. The van der Waals surface area contributed by atoms with Crippen molar-refractivity contribution < 1.29 is 84.3 Å². The van der Waals surface area contributed by atoms with Gasteiger partial charge in [-0.05, 0) is 84.5 Å². The highest BCUT2D eigenvalue weighted by molar-refractivity contribution is 6.00. The second-order valence-electron chi connectivity index (χ2n) is 21.3. The summed E-state index contributed by atoms with van der Waals surface area (Å²) < 4.78 is 5.84. The standard InChI is InChI=1S/C58H73N7O17/c1-5-6-7-24-82-40-22-18-35(19-23-40)33-10-8-32(9-11-33)34-12-14-37(15-13-34)51(74)59-41-26-43(70)54(77)63-56(79)47-48(71)29(2)27-65(47)58(81)45(31(4)67)61-55(78)46(50(73)49(72)36-16-20-38(68)21-17-36)62-53(76)42-25-39(69)28-64(42)57(80)44(30(3)66)60-52(41)75/h8-23,29-31,39,41-50,54,66-73,77H,5-7,24-28H2,1-4H3,(H,59,74)(H,60,75)(H,61,78)(H,62,76)(H,63,79)/t29-,30-,31+,39+,41+,42-,43+,44-,45-,46-,47-,48-,49-,50-,54+/m0/s1. The van der Waals surface area contributed by atoms with E-state index in [1.807, 2.05) is 48.5 Å². The molecule has 82 heavy (non-hydrogen) atoms. The molecule has 15 atom stereocenters. The van der Waals surface area contributed by atoms with Crippen LogP contribution in [0.2, 0.25) is 0 Å². The van der Waals surface area contributed by atoms with Crippen molar-refractivity contribution in [2.45, 2.75) is 145 Å². The Morgan fingerprint density at radius 3 is 1.72 bits per heavy atom. The maximum atomic E-state index is 14.5. The molecule has 3 heterocycles. The lowest BCUT2D eigenvalue weighted by molar-refractivity contribution is -0.148. The second-order valence-corrected chi connectivity index (χ2v) is 21.3. The third-order valence-corrected chi connectivity index (χ3v) is 15.0. The number of phenolic OH excluding ortho intramolecular Hbond substituents is 1. The van der Waals surface area contributed by atoms with Gasteiger partial charge in [0.15, 0.2) is 6.23 Å². The summed E-state index contributed by atoms with van der Waals surface area (Å²) in [6.07, 6.45) is -13.6. The van der Waals surface area contributed by atoms with Gasteiger partial charge in [-0.3, -0.25) is 33.6 Å². The van der Waals surface area contributed by atoms with Gasteiger partial charge in [0.2, 0.25) is 35.4 Å². The number of amides is 7. The van der Waals surface area contributed by atoms with E-state index in [0.717, 1.165) is 77.5 Å². The van der Waals surface area contributed by atoms with Crippen LogP contribution >= 0.6 is 0 Å². The first kappa shape index (κ1) is 62.1. The van der Waals surface area contributed by atoms with E-state index in [2.05, 4.69) is 33.5 Å². The van der Waals surface area contributed by atoms with Crippen molar-refractivity contribution >= 4 is 41.4 Å². The smallest absolute Gasteiger partial charge is 0.251 e. The van der Waals surface area contributed by atoms with Gasteiger partial charge in [-0.2, -0.15) is 0 Å². The summed E-state index contributed by atoms with van der Waals surface area (Å²) in [5, 5.41) is 111. The van der Waals surface area contributed by atoms with Gasteiger partial charge in [0.25, 0.3) is 5.91 Å². The summed E-state index contributed by atoms with van der Waals surface area (Å²) in [4.78, 5) is 102. The molecule has 3 fully saturated rings. The molecule has 3 aliphatic rings. The van der Waals surface area contributed by atoms with E-state index in [1.54, 1.807) is 12.1 Å². The minimum atomic E-state index is -2.29. The number of fused-ring (bicyclic) bond motifs is 2. The molecular formula is C58H73N7O17. The zero-order valence-electron chi connectivity index (χ0n) is 45.7. The van der Waals surface area contributed by atoms with Crippen molar-refractivity contribution in [1.82, 2.24) is 36.4 Å². The molecule has 0 spiro atoms. The fourth-order valence-corrected chi connectivity index (χ4v) is 10.2. The van der Waals surface area contributed by atoms with E-state index >= 15 is 0 Å². The average Bonchev–Trinajstić information content (AvgIpc) is 4.06. The Hall–Kier alpha value is -7.55. The highest BCUT2D eigenvalue weighted by atomic mass is 16.5. The van der Waals surface area contributed by atoms with Gasteiger partial charge in [-0.25, -0.2) is 0 Å². The summed E-state index contributed by atoms with van der Waals surface area (Å²) in [6, 6.07) is 14.7. The van der Waals surface area contributed by atoms with Crippen molar-refractivity contribution in [2.24, 2.45) is 5.92 Å². The number of ether oxygens (including phenoxy) is 1. The van der Waals surface area contributed by atoms with Crippen molar-refractivity contribution in [1.29, 1.82) is 0 Å². The molecule has 7 amide bonds. The number of rotatable bonds is 14. The van der Waals surface area contributed by atoms with Crippen LogP contribution in [-0.4, -0.2) is 196 Å². The van der Waals surface area contributed by atoms with Crippen LogP contribution in [0, 0.1) is 5.92 Å². The molecule has 0 aliphatic carbocycles. The molecule has 0 bridgehead atoms. The van der Waals surface area contributed by atoms with E-state index < -0.39 is 152 Å². The van der Waals surface area contributed by atoms with Crippen molar-refractivity contribution in [3.8, 4) is 33.8 Å². The van der Waals surface area contributed by atoms with Crippen LogP contribution in [0.25, 0.3) is 22.3 Å². The minimum absolute atomic E-state index is 0.00973. The molecule has 7 rings (SSSR count). The average molecular weight is 1140 g/mol. The number of hydrogen-bond donors (Lipinski definition) is 14. The highest BCUT2D eigenvalue weighted by Gasteiger charge is 2.50. The number of nitrogens with zero attached hydrogens (tertiary/aromatic N) is 2. The predicted molar refractivity (Wildman–Crippen MR) is 293 cm³/mol. The number of nitrogens with one attached hydrogen (secondary N) is 5. The Kier molecular flexibility index (Phi) is 20.8. The molecule has 24 heteroatoms. The molecule has 0 radical (unpaired) electrons. The van der Waals surface area contributed by atoms with Gasteiger partial charge in [-0.15, -0.1) is 0 Å². The summed E-state index contributed by atoms with van der Waals surface area (Å²) in [6.45, 7) is 5.47. The zero-order valence-corrected chi connectivity index (χ0v) is 45.7. The van der Waals surface area contributed by atoms with Crippen LogP contribution in [-0.2, 0) is 28.8 Å². The molecule has 0 saturated carbocycles. The van der Waals surface area contributed by atoms with Crippen LogP contribution in [0.15, 0.2) is 97.1 Å². The van der Waals surface area contributed by atoms with Crippen LogP contribution in [0.1, 0.15) is 81.8 Å². The SMILES string of the molecule is CCCCCOc1ccc(-c2ccc(-c3ccc(C(=O)N[C@@H]4C[C@@H](O)[C@@H](O)NC(=O)[C@@H]5[C@@H](O)[C@@H](C)CN5C(=O)[C@H]([C@@H](C)O)NC(=O)[C@H]([C@H](O)[C@@H](O)c5ccc(O)cc5)NC(=O)[C@@H]5C[C@@H](O)CN5C(=O)[C@H]([C@H](C)O)NC4=O)cc3)cc2)cc1. The number of phenols is 1. The first-order valence-corrected chi connectivity index (χ1v) is 27.3. The highest BCUT2D eigenvalue weighted by Crippen LogP contribution is 2.30. The summed E-state index contributed by atoms with van der Waals surface area (Å²) in [7, 11) is 0. The molecule has 14 N–H and O–H groups in total. The lowest BCUT2D eigenvalue weighted by Gasteiger charge is -2.34. The normalized spacial score (nSPS) is 27.5. The van der Waals surface area contributed by atoms with Gasteiger partial charge in [0.05, 0.1) is 31.0 Å². The van der Waals surface area contributed by atoms with E-state index in [-0.39, 0.29) is 23.4 Å². The van der Waals surface area contributed by atoms with E-state index in [9.17, 15) is 79.5 Å². The van der Waals surface area contributed by atoms with E-state index in [0.29, 0.717) is 12.2 Å². The van der Waals surface area contributed by atoms with Crippen molar-refractivity contribution in [3.05, 3.63) is 108 Å². The molecule has 4 aromatic rings. The van der Waals surface area contributed by atoms with Gasteiger partial charge in [0.1, 0.15) is 66.1 Å². The first-order valence-electron chi connectivity index (χ1n) is 27.3. The first-order chi connectivity index (χ1) is 39.0. The third kappa shape index (κ3) is 14.7. The maximum absolute atomic E-state index is 14.5. The van der Waals surface area contributed by atoms with E-state index in [1.165, 1.54) is 31.2 Å². The fourth-order valence-electron chi connectivity index (χ4n) is 10.2. The lowest BCUT2D eigenvalue weighted by atomic mass is 9.96. The Morgan fingerprint density at radius 1 is 0.634 bits per heavy atom. The van der Waals surface area contributed by atoms with E-state index in [4.69, 9.17) is 4.74 Å². The van der Waals surface area contributed by atoms with Crippen LogP contribution in [0.5, 0.6) is 11.5 Å². The maximum Gasteiger partial charge on any atom is 0.251 e. The van der Waals surface area contributed by atoms with Crippen LogP contribution in [0.3, 0.4) is 0 Å². The summed E-state index contributed by atoms with van der Waals surface area (Å²) in [5.74, 6) is -8.67. The molecule has 3 aliphatic heterocycles. The molecule has 3 saturated heterocycles. The molecular weight excluding hydrogens is 1070 g/mol. The van der Waals surface area contributed by atoms with Gasteiger partial charge >= 0.3 is 0 Å². The fraction of sp³-hybridized carbons (Fsp3) is 0.466. The Balaban J connectivity index is 1.18. The summed E-state index contributed by atoms with van der Waals surface area (Å²) in [5.41, 5.74) is 3.37. The van der Waals surface area contributed by atoms with Crippen molar-refractivity contribution in [3.63, 3.8) is 0 Å². The molecule has 4 aromatic carbocycles. The van der Waals surface area contributed by atoms with Crippen LogP contribution in [0.4, 0.5) is 0 Å². The molecule has 0 unspecified atom stereocenters. The molecule has 0 aromatic heterocycles. The zero-order chi connectivity index (χ0) is 59.7. The number of aliphatic hydroxyl groups excluding tert-OH is 8. The third-order valence-electron chi connectivity index (χ3n) is 15.0. The quantitative estimate of drug-likeness (QED) is 0.0679. The number of carbonyl (C=O) groups excluding carboxylic acids is 7. The van der Waals surface area contributed by atoms with Gasteiger partial charge in [-0.1, -0.05) is 87.4 Å². The number of benzene rings is 4. The number of aliphatic hydroxyl groups is 8. The lowest BCUT2D eigenvalue weighted by Crippen LogP contribution is -2.64. The number of hydrogen-bond acceptors (Lipinski definition) is 17. The Labute approximate surface area is 473 Å². The van der Waals surface area contributed by atoms with Gasteiger partial charge < -0.3 is 87.1 Å². The van der Waals surface area contributed by atoms with Crippen molar-refractivity contribution in [2.75, 3.05) is 19.7 Å². The Bertz CT molecular complexity index is 2880. The Morgan fingerprint density at radius 2 is 1.16 bits per heavy atom.